The topological polar surface area (TPSA) is 161 Å². The summed E-state index contributed by atoms with van der Waals surface area (Å²) in [5, 5.41) is 18.4. The first-order chi connectivity index (χ1) is 22.4. The van der Waals surface area contributed by atoms with Crippen LogP contribution in [0.3, 0.4) is 0 Å². The number of aromatic nitrogens is 4. The van der Waals surface area contributed by atoms with Crippen molar-refractivity contribution in [3.63, 3.8) is 0 Å². The van der Waals surface area contributed by atoms with Gasteiger partial charge < -0.3 is 20.9 Å². The third kappa shape index (κ3) is 8.05. The molecule has 13 nitrogen and oxygen atoms in total. The smallest absolute Gasteiger partial charge is 0.263 e. The number of ketones is 1. The summed E-state index contributed by atoms with van der Waals surface area (Å²) in [5.74, 6) is 0.779. The molecule has 0 aromatic carbocycles. The van der Waals surface area contributed by atoms with Crippen LogP contribution in [0, 0.1) is 18.3 Å². The van der Waals surface area contributed by atoms with Crippen molar-refractivity contribution in [2.75, 3.05) is 62.6 Å². The SMILES string of the molecule is CC(=O)c1c(C)c2cnc(Nc3ccc(N4CCN(CCC(=O)NCCCCNCC#N)CC4)cn3)nc2n(C2CCCC2)c1=O. The molecule has 0 bridgehead atoms. The molecule has 1 saturated heterocycles. The lowest BCUT2D eigenvalue weighted by Gasteiger charge is -2.35. The summed E-state index contributed by atoms with van der Waals surface area (Å²) in [6, 6.07) is 5.99. The van der Waals surface area contributed by atoms with Crippen molar-refractivity contribution in [2.24, 2.45) is 0 Å². The monoisotopic (exact) mass is 628 g/mol. The number of hydrogen-bond acceptors (Lipinski definition) is 11. The first-order valence-corrected chi connectivity index (χ1v) is 16.3. The molecule has 1 saturated carbocycles. The molecular formula is C33H44N10O3. The largest absolute Gasteiger partial charge is 0.368 e. The van der Waals surface area contributed by atoms with E-state index in [1.165, 1.54) is 6.92 Å². The third-order valence-corrected chi connectivity index (χ3v) is 8.94. The molecule has 3 N–H and O–H groups in total. The number of amides is 1. The highest BCUT2D eigenvalue weighted by molar-refractivity contribution is 5.99. The molecule has 3 aromatic heterocycles. The molecule has 1 aliphatic heterocycles. The maximum absolute atomic E-state index is 13.5. The van der Waals surface area contributed by atoms with Crippen molar-refractivity contribution in [1.29, 1.82) is 5.26 Å². The van der Waals surface area contributed by atoms with E-state index in [4.69, 9.17) is 10.2 Å². The summed E-state index contributed by atoms with van der Waals surface area (Å²) in [6.45, 7) is 9.21. The van der Waals surface area contributed by atoms with E-state index in [2.05, 4.69) is 41.8 Å². The maximum Gasteiger partial charge on any atom is 0.263 e. The van der Waals surface area contributed by atoms with Crippen molar-refractivity contribution < 1.29 is 9.59 Å². The second kappa shape index (κ2) is 15.7. The Morgan fingerprint density at radius 3 is 2.50 bits per heavy atom. The molecule has 1 aliphatic carbocycles. The van der Waals surface area contributed by atoms with E-state index in [0.29, 0.717) is 47.9 Å². The summed E-state index contributed by atoms with van der Waals surface area (Å²) >= 11 is 0. The van der Waals surface area contributed by atoms with Crippen LogP contribution in [0.5, 0.6) is 0 Å². The summed E-state index contributed by atoms with van der Waals surface area (Å²) in [4.78, 5) is 56.5. The number of nitrogens with one attached hydrogen (secondary N) is 3. The molecule has 4 heterocycles. The van der Waals surface area contributed by atoms with Gasteiger partial charge in [-0.3, -0.25) is 23.9 Å². The third-order valence-electron chi connectivity index (χ3n) is 8.94. The Morgan fingerprint density at radius 2 is 1.80 bits per heavy atom. The number of fused-ring (bicyclic) bond motifs is 1. The molecule has 0 radical (unpaired) electrons. The van der Waals surface area contributed by atoms with Gasteiger partial charge in [-0.2, -0.15) is 10.2 Å². The Bertz CT molecular complexity index is 1620. The number of rotatable bonds is 14. The minimum atomic E-state index is -0.270. The Labute approximate surface area is 269 Å². The highest BCUT2D eigenvalue weighted by Gasteiger charge is 2.26. The van der Waals surface area contributed by atoms with Gasteiger partial charge in [-0.25, -0.2) is 9.97 Å². The van der Waals surface area contributed by atoms with E-state index in [9.17, 15) is 14.4 Å². The van der Waals surface area contributed by atoms with Crippen LogP contribution in [-0.4, -0.2) is 88.5 Å². The quantitative estimate of drug-likeness (QED) is 0.137. The number of aryl methyl sites for hydroxylation is 1. The second-order valence-corrected chi connectivity index (χ2v) is 12.1. The summed E-state index contributed by atoms with van der Waals surface area (Å²) in [7, 11) is 0. The van der Waals surface area contributed by atoms with Gasteiger partial charge in [-0.05, 0) is 63.8 Å². The van der Waals surface area contributed by atoms with Crippen LogP contribution in [-0.2, 0) is 4.79 Å². The van der Waals surface area contributed by atoms with Gasteiger partial charge in [0.2, 0.25) is 11.9 Å². The van der Waals surface area contributed by atoms with Crippen LogP contribution in [0.15, 0.2) is 29.3 Å². The minimum absolute atomic E-state index is 0.0197. The molecule has 2 aliphatic rings. The molecule has 46 heavy (non-hydrogen) atoms. The molecule has 0 unspecified atom stereocenters. The van der Waals surface area contributed by atoms with Gasteiger partial charge in [-0.15, -0.1) is 0 Å². The van der Waals surface area contributed by atoms with Crippen LogP contribution in [0.2, 0.25) is 0 Å². The van der Waals surface area contributed by atoms with Crippen molar-refractivity contribution in [2.45, 2.75) is 64.8 Å². The molecule has 1 amide bonds. The van der Waals surface area contributed by atoms with Crippen molar-refractivity contribution in [3.05, 3.63) is 46.0 Å². The van der Waals surface area contributed by atoms with Crippen LogP contribution >= 0.6 is 0 Å². The average molecular weight is 629 g/mol. The van der Waals surface area contributed by atoms with Crippen LogP contribution in [0.1, 0.15) is 73.8 Å². The van der Waals surface area contributed by atoms with E-state index in [1.54, 1.807) is 17.7 Å². The molecule has 0 atom stereocenters. The Kier molecular flexibility index (Phi) is 11.3. The normalized spacial score (nSPS) is 15.6. The summed E-state index contributed by atoms with van der Waals surface area (Å²) in [6.07, 6.45) is 9.70. The zero-order chi connectivity index (χ0) is 32.5. The van der Waals surface area contributed by atoms with Crippen molar-refractivity contribution >= 4 is 40.2 Å². The highest BCUT2D eigenvalue weighted by atomic mass is 16.2. The van der Waals surface area contributed by atoms with Crippen molar-refractivity contribution in [3.8, 4) is 6.07 Å². The lowest BCUT2D eigenvalue weighted by atomic mass is 10.0. The van der Waals surface area contributed by atoms with Gasteiger partial charge >= 0.3 is 0 Å². The number of nitriles is 1. The first-order valence-electron chi connectivity index (χ1n) is 16.3. The highest BCUT2D eigenvalue weighted by Crippen LogP contribution is 2.32. The summed E-state index contributed by atoms with van der Waals surface area (Å²) in [5.41, 5.74) is 2.14. The Morgan fingerprint density at radius 1 is 1.04 bits per heavy atom. The van der Waals surface area contributed by atoms with E-state index < -0.39 is 0 Å². The zero-order valence-corrected chi connectivity index (χ0v) is 26.8. The van der Waals surface area contributed by atoms with Gasteiger partial charge in [-0.1, -0.05) is 12.8 Å². The second-order valence-electron chi connectivity index (χ2n) is 12.1. The van der Waals surface area contributed by atoms with E-state index in [0.717, 1.165) is 83.5 Å². The molecule has 13 heteroatoms. The molecule has 2 fully saturated rings. The minimum Gasteiger partial charge on any atom is -0.368 e. The number of Topliss-reactive ketones (excluding diaryl/α,β-unsaturated/α-hetero) is 1. The molecule has 0 spiro atoms. The number of carbonyl (C=O) groups excluding carboxylic acids is 2. The number of hydrogen-bond donors (Lipinski definition) is 3. The van der Waals surface area contributed by atoms with Gasteiger partial charge in [0.15, 0.2) is 5.78 Å². The van der Waals surface area contributed by atoms with Crippen LogP contribution in [0.4, 0.5) is 17.5 Å². The zero-order valence-electron chi connectivity index (χ0n) is 26.8. The van der Waals surface area contributed by atoms with Gasteiger partial charge in [0.05, 0.1) is 30.1 Å². The maximum atomic E-state index is 13.5. The number of carbonyl (C=O) groups is 2. The number of piperazine rings is 1. The summed E-state index contributed by atoms with van der Waals surface area (Å²) < 4.78 is 1.71. The fraction of sp³-hybridized carbons (Fsp3) is 0.545. The first kappa shape index (κ1) is 33.0. The molecular weight excluding hydrogens is 584 g/mol. The van der Waals surface area contributed by atoms with Gasteiger partial charge in [0.25, 0.3) is 5.56 Å². The Balaban J connectivity index is 1.14. The lowest BCUT2D eigenvalue weighted by molar-refractivity contribution is -0.121. The van der Waals surface area contributed by atoms with Gasteiger partial charge in [0, 0.05) is 63.3 Å². The van der Waals surface area contributed by atoms with Crippen LogP contribution in [0.25, 0.3) is 11.0 Å². The van der Waals surface area contributed by atoms with E-state index in [1.807, 2.05) is 18.3 Å². The number of nitrogens with zero attached hydrogens (tertiary/aromatic N) is 7. The molecule has 3 aromatic rings. The van der Waals surface area contributed by atoms with Gasteiger partial charge in [0.1, 0.15) is 11.5 Å². The lowest BCUT2D eigenvalue weighted by Crippen LogP contribution is -2.47. The number of anilines is 3. The molecule has 244 valence electrons. The average Bonchev–Trinajstić information content (AvgIpc) is 3.58. The number of pyridine rings is 2. The van der Waals surface area contributed by atoms with E-state index >= 15 is 0 Å². The number of unbranched alkanes of at least 4 members (excludes halogenated alkanes) is 1. The fourth-order valence-electron chi connectivity index (χ4n) is 6.40. The standard InChI is InChI=1S/C33H44N10O3/c1-23-27-22-38-33(40-31(27)43(25-7-3-4-8-25)32(46)30(23)24(2)44)39-28-10-9-26(21-37-28)42-19-17-41(18-20-42)16-11-29(45)36-14-6-5-13-35-15-12-34/h9-10,21-22,25,35H,3-8,11,13-20H2,1-2H3,(H,36,45)(H,37,38,39,40). The van der Waals surface area contributed by atoms with E-state index in [-0.39, 0.29) is 28.9 Å². The predicted molar refractivity (Wildman–Crippen MR) is 178 cm³/mol. The van der Waals surface area contributed by atoms with Crippen molar-refractivity contribution in [1.82, 2.24) is 35.1 Å². The fourth-order valence-corrected chi connectivity index (χ4v) is 6.40. The molecule has 5 rings (SSSR count). The Hall–Kier alpha value is -4.41. The predicted octanol–water partition coefficient (Wildman–Crippen LogP) is 3.08. The van der Waals surface area contributed by atoms with Crippen LogP contribution < -0.4 is 26.4 Å².